The van der Waals surface area contributed by atoms with Gasteiger partial charge in [0.2, 0.25) is 0 Å². The lowest BCUT2D eigenvalue weighted by Gasteiger charge is -2.12. The van der Waals surface area contributed by atoms with Gasteiger partial charge in [0.1, 0.15) is 5.49 Å². The Hall–Kier alpha value is -3.97. The van der Waals surface area contributed by atoms with Crippen LogP contribution in [0.3, 0.4) is 0 Å². The highest BCUT2D eigenvalue weighted by molar-refractivity contribution is 7.92. The molecule has 4 aromatic rings. The van der Waals surface area contributed by atoms with Crippen molar-refractivity contribution in [1.82, 2.24) is 4.57 Å². The molecule has 0 unspecified atom stereocenters. The second-order valence-corrected chi connectivity index (χ2v) is 9.65. The van der Waals surface area contributed by atoms with E-state index in [1.807, 2.05) is 73.1 Å². The molecule has 1 heterocycles. The highest BCUT2D eigenvalue weighted by atomic mass is 32.2. The number of rotatable bonds is 6. The molecule has 0 bridgehead atoms. The summed E-state index contributed by atoms with van der Waals surface area (Å²) in [6.45, 7) is 4.37. The molecule has 0 atom stereocenters. The lowest BCUT2D eigenvalue weighted by Crippen LogP contribution is -2.22. The predicted molar refractivity (Wildman–Crippen MR) is 133 cm³/mol. The molecule has 0 aliphatic rings. The van der Waals surface area contributed by atoms with E-state index in [4.69, 9.17) is 0 Å². The third kappa shape index (κ3) is 5.32. The fourth-order valence-electron chi connectivity index (χ4n) is 3.49. The van der Waals surface area contributed by atoms with Crippen molar-refractivity contribution in [1.29, 1.82) is 0 Å². The molecule has 1 amide bonds. The average molecular weight is 472 g/mol. The van der Waals surface area contributed by atoms with Gasteiger partial charge in [-0.2, -0.15) is 4.99 Å². The van der Waals surface area contributed by atoms with E-state index in [1.165, 1.54) is 24.3 Å². The summed E-state index contributed by atoms with van der Waals surface area (Å²) in [5.41, 5.74) is 4.30. The predicted octanol–water partition coefficient (Wildman–Crippen LogP) is 4.70. The lowest BCUT2D eigenvalue weighted by atomic mass is 10.1. The Morgan fingerprint density at radius 1 is 0.853 bits per heavy atom. The quantitative estimate of drug-likeness (QED) is 0.443. The van der Waals surface area contributed by atoms with E-state index in [1.54, 1.807) is 18.2 Å². The fourth-order valence-corrected chi connectivity index (χ4v) is 4.62. The minimum Gasteiger partial charge on any atom is -0.328 e. The standard InChI is InChI=1S/C27H25N3O3S/c1-20-9-8-12-25(21(20)2)29-34(32,33)24-16-14-23(15-17-24)27(31)28-26-13-6-7-18-30(26)19-22-10-4-3-5-11-22/h3-18,29H,19H2,1-2H3. The lowest BCUT2D eigenvalue weighted by molar-refractivity contribution is 0.0997. The van der Waals surface area contributed by atoms with E-state index >= 15 is 0 Å². The molecule has 0 saturated heterocycles. The van der Waals surface area contributed by atoms with Gasteiger partial charge < -0.3 is 4.57 Å². The summed E-state index contributed by atoms with van der Waals surface area (Å²) in [6, 6.07) is 26.6. The Balaban J connectivity index is 1.56. The molecule has 4 rings (SSSR count). The molecule has 172 valence electrons. The van der Waals surface area contributed by atoms with Gasteiger partial charge >= 0.3 is 0 Å². The van der Waals surface area contributed by atoms with E-state index in [0.717, 1.165) is 16.7 Å². The molecule has 3 aromatic carbocycles. The van der Waals surface area contributed by atoms with Crippen LogP contribution in [0.25, 0.3) is 0 Å². The van der Waals surface area contributed by atoms with Crippen LogP contribution in [-0.4, -0.2) is 18.9 Å². The largest absolute Gasteiger partial charge is 0.328 e. The normalized spacial score (nSPS) is 11.9. The number of benzene rings is 3. The number of pyridine rings is 1. The topological polar surface area (TPSA) is 80.5 Å². The number of nitrogens with one attached hydrogen (secondary N) is 1. The van der Waals surface area contributed by atoms with Crippen LogP contribution in [0.4, 0.5) is 5.69 Å². The van der Waals surface area contributed by atoms with Crippen molar-refractivity contribution in [3.05, 3.63) is 125 Å². The number of carbonyl (C=O) groups excluding carboxylic acids is 1. The Kier molecular flexibility index (Phi) is 6.75. The number of anilines is 1. The Morgan fingerprint density at radius 2 is 1.56 bits per heavy atom. The van der Waals surface area contributed by atoms with Crippen molar-refractivity contribution in [2.45, 2.75) is 25.3 Å². The average Bonchev–Trinajstić information content (AvgIpc) is 2.84. The number of sulfonamides is 1. The van der Waals surface area contributed by atoms with Crippen molar-refractivity contribution in [3.8, 4) is 0 Å². The Morgan fingerprint density at radius 3 is 2.29 bits per heavy atom. The van der Waals surface area contributed by atoms with Gasteiger partial charge in [-0.15, -0.1) is 0 Å². The summed E-state index contributed by atoms with van der Waals surface area (Å²) in [7, 11) is -3.79. The van der Waals surface area contributed by atoms with Crippen LogP contribution in [0.2, 0.25) is 0 Å². The van der Waals surface area contributed by atoms with Crippen molar-refractivity contribution in [2.24, 2.45) is 4.99 Å². The molecule has 0 radical (unpaired) electrons. The number of aryl methyl sites for hydroxylation is 1. The minimum atomic E-state index is -3.79. The van der Waals surface area contributed by atoms with E-state index in [0.29, 0.717) is 23.3 Å². The molecular weight excluding hydrogens is 446 g/mol. The van der Waals surface area contributed by atoms with Gasteiger partial charge in [0, 0.05) is 18.3 Å². The molecule has 1 aromatic heterocycles. The van der Waals surface area contributed by atoms with Crippen LogP contribution in [0.5, 0.6) is 0 Å². The summed E-state index contributed by atoms with van der Waals surface area (Å²) in [5.74, 6) is -0.445. The highest BCUT2D eigenvalue weighted by Gasteiger charge is 2.16. The zero-order valence-corrected chi connectivity index (χ0v) is 19.8. The monoisotopic (exact) mass is 471 g/mol. The molecule has 7 heteroatoms. The fraction of sp³-hybridized carbons (Fsp3) is 0.111. The van der Waals surface area contributed by atoms with Crippen LogP contribution in [0.1, 0.15) is 27.0 Å². The van der Waals surface area contributed by atoms with Gasteiger partial charge in [0.05, 0.1) is 10.6 Å². The SMILES string of the molecule is Cc1cccc(NS(=O)(=O)c2ccc(C(=O)N=c3ccccn3Cc3ccccc3)cc2)c1C. The Bertz CT molecular complexity index is 1490. The first kappa shape index (κ1) is 23.2. The molecule has 34 heavy (non-hydrogen) atoms. The van der Waals surface area contributed by atoms with Gasteiger partial charge in [-0.25, -0.2) is 8.42 Å². The number of hydrogen-bond acceptors (Lipinski definition) is 3. The van der Waals surface area contributed by atoms with Crippen molar-refractivity contribution in [2.75, 3.05) is 4.72 Å². The summed E-state index contributed by atoms with van der Waals surface area (Å²) >= 11 is 0. The first-order valence-corrected chi connectivity index (χ1v) is 12.3. The first-order valence-electron chi connectivity index (χ1n) is 10.8. The highest BCUT2D eigenvalue weighted by Crippen LogP contribution is 2.22. The zero-order valence-electron chi connectivity index (χ0n) is 19.0. The number of hydrogen-bond donors (Lipinski definition) is 1. The molecule has 0 saturated carbocycles. The Labute approximate surface area is 199 Å². The molecule has 0 fully saturated rings. The van der Waals surface area contributed by atoms with E-state index < -0.39 is 15.9 Å². The van der Waals surface area contributed by atoms with Gasteiger partial charge in [-0.05, 0) is 73.0 Å². The van der Waals surface area contributed by atoms with Gasteiger partial charge in [-0.3, -0.25) is 9.52 Å². The van der Waals surface area contributed by atoms with Crippen molar-refractivity contribution < 1.29 is 13.2 Å². The maximum absolute atomic E-state index is 12.8. The molecule has 0 spiro atoms. The molecular formula is C27H25N3O3S. The first-order chi connectivity index (χ1) is 16.3. The molecule has 0 aliphatic heterocycles. The number of amides is 1. The second-order valence-electron chi connectivity index (χ2n) is 7.97. The third-order valence-corrected chi connectivity index (χ3v) is 6.97. The van der Waals surface area contributed by atoms with Crippen LogP contribution in [-0.2, 0) is 16.6 Å². The van der Waals surface area contributed by atoms with Gasteiger partial charge in [-0.1, -0.05) is 48.5 Å². The summed E-state index contributed by atoms with van der Waals surface area (Å²) in [4.78, 5) is 17.1. The summed E-state index contributed by atoms with van der Waals surface area (Å²) in [6.07, 6.45) is 1.87. The number of nitrogens with zero attached hydrogens (tertiary/aromatic N) is 2. The maximum atomic E-state index is 12.8. The van der Waals surface area contributed by atoms with Crippen LogP contribution >= 0.6 is 0 Å². The number of aromatic nitrogens is 1. The van der Waals surface area contributed by atoms with Crippen LogP contribution < -0.4 is 10.2 Å². The number of carbonyl (C=O) groups is 1. The smallest absolute Gasteiger partial charge is 0.278 e. The van der Waals surface area contributed by atoms with E-state index in [-0.39, 0.29) is 4.90 Å². The third-order valence-electron chi connectivity index (χ3n) is 5.59. The zero-order chi connectivity index (χ0) is 24.1. The van der Waals surface area contributed by atoms with Crippen molar-refractivity contribution in [3.63, 3.8) is 0 Å². The molecule has 1 N–H and O–H groups in total. The summed E-state index contributed by atoms with van der Waals surface area (Å²) < 4.78 is 30.2. The second kappa shape index (κ2) is 9.89. The summed E-state index contributed by atoms with van der Waals surface area (Å²) in [5, 5.41) is 0. The van der Waals surface area contributed by atoms with Crippen LogP contribution in [0.15, 0.2) is 107 Å². The molecule has 0 aliphatic carbocycles. The molecule has 6 nitrogen and oxygen atoms in total. The van der Waals surface area contributed by atoms with Gasteiger partial charge in [0.25, 0.3) is 15.9 Å². The van der Waals surface area contributed by atoms with Crippen LogP contribution in [0, 0.1) is 13.8 Å². The minimum absolute atomic E-state index is 0.0730. The van der Waals surface area contributed by atoms with E-state index in [2.05, 4.69) is 9.71 Å². The van der Waals surface area contributed by atoms with Gasteiger partial charge in [0.15, 0.2) is 0 Å². The maximum Gasteiger partial charge on any atom is 0.278 e. The van der Waals surface area contributed by atoms with Crippen molar-refractivity contribution >= 4 is 21.6 Å². The van der Waals surface area contributed by atoms with E-state index in [9.17, 15) is 13.2 Å².